The van der Waals surface area contributed by atoms with Crippen molar-refractivity contribution in [2.24, 2.45) is 0 Å². The Morgan fingerprint density at radius 2 is 1.94 bits per heavy atom. The third-order valence-corrected chi connectivity index (χ3v) is 2.34. The Morgan fingerprint density at radius 1 is 1.33 bits per heavy atom. The normalized spacial score (nSPS) is 22.3. The van der Waals surface area contributed by atoms with Gasteiger partial charge in [0.1, 0.15) is 11.4 Å². The van der Waals surface area contributed by atoms with Crippen molar-refractivity contribution >= 4 is 11.8 Å². The molecule has 0 spiro atoms. The van der Waals surface area contributed by atoms with E-state index < -0.39 is 23.2 Å². The topological polar surface area (TPSA) is 52.6 Å². The number of ketones is 1. The highest BCUT2D eigenvalue weighted by Gasteiger charge is 2.57. The number of hydrogen-bond donors (Lipinski definition) is 0. The molecule has 18 heavy (non-hydrogen) atoms. The predicted molar refractivity (Wildman–Crippen MR) is 61.1 cm³/mol. The molecule has 5 heteroatoms. The molecule has 0 saturated carbocycles. The molecular weight excluding hydrogens is 239 g/mol. The van der Waals surface area contributed by atoms with E-state index in [1.165, 1.54) is 12.1 Å². The highest BCUT2D eigenvalue weighted by atomic mass is 19.2. The molecule has 1 aromatic rings. The Bertz CT molecular complexity index is 518. The largest absolute Gasteiger partial charge is 0.454 e. The fourth-order valence-corrected chi connectivity index (χ4v) is 1.59. The fourth-order valence-electron chi connectivity index (χ4n) is 1.59. The van der Waals surface area contributed by atoms with Crippen molar-refractivity contribution in [3.05, 3.63) is 29.8 Å². The molecule has 1 aliphatic heterocycles. The van der Waals surface area contributed by atoms with E-state index in [1.54, 1.807) is 32.9 Å². The monoisotopic (exact) mass is 252 g/mol. The summed E-state index contributed by atoms with van der Waals surface area (Å²) in [7, 11) is 0. The van der Waals surface area contributed by atoms with Crippen molar-refractivity contribution in [3.63, 3.8) is 0 Å². The zero-order valence-corrected chi connectivity index (χ0v) is 10.3. The second kappa shape index (κ2) is 3.80. The molecule has 1 atom stereocenters. The lowest BCUT2D eigenvalue weighted by molar-refractivity contribution is -0.181. The number of ether oxygens (including phenoxy) is 2. The van der Waals surface area contributed by atoms with Gasteiger partial charge in [-0.2, -0.15) is 4.39 Å². The maximum atomic E-state index is 14.4. The van der Waals surface area contributed by atoms with Crippen LogP contribution in [0.25, 0.3) is 0 Å². The minimum Gasteiger partial charge on any atom is -0.454 e. The Balaban J connectivity index is 2.31. The van der Waals surface area contributed by atoms with E-state index in [-0.39, 0.29) is 11.3 Å². The van der Waals surface area contributed by atoms with Gasteiger partial charge in [-0.1, -0.05) is 12.1 Å². The number of carbonyl (C=O) groups excluding carboxylic acids is 2. The quantitative estimate of drug-likeness (QED) is 0.568. The molecule has 0 aromatic heterocycles. The molecule has 1 aromatic carbocycles. The van der Waals surface area contributed by atoms with E-state index >= 15 is 0 Å². The Morgan fingerprint density at radius 3 is 2.50 bits per heavy atom. The first kappa shape index (κ1) is 12.5. The second-order valence-electron chi connectivity index (χ2n) is 5.02. The minimum absolute atomic E-state index is 0.0471. The number of Topliss-reactive ketones (excluding diaryl/α,β-unsaturated/α-hetero) is 1. The van der Waals surface area contributed by atoms with Crippen LogP contribution in [0.4, 0.5) is 4.39 Å². The Kier molecular flexibility index (Phi) is 2.65. The lowest BCUT2D eigenvalue weighted by atomic mass is 10.1. The minimum atomic E-state index is -3.07. The highest BCUT2D eigenvalue weighted by Crippen LogP contribution is 2.37. The highest BCUT2D eigenvalue weighted by molar-refractivity contribution is 6.17. The van der Waals surface area contributed by atoms with Crippen LogP contribution in [0, 0.1) is 0 Å². The number of esters is 1. The summed E-state index contributed by atoms with van der Waals surface area (Å²) in [5.74, 6) is -5.36. The van der Waals surface area contributed by atoms with Crippen LogP contribution in [0.15, 0.2) is 24.3 Å². The number of rotatable bonds is 1. The van der Waals surface area contributed by atoms with Gasteiger partial charge in [-0.15, -0.1) is 0 Å². The molecule has 0 bridgehead atoms. The smallest absolute Gasteiger partial charge is 0.410 e. The van der Waals surface area contributed by atoms with Crippen LogP contribution in [0.3, 0.4) is 0 Å². The third-order valence-electron chi connectivity index (χ3n) is 2.34. The van der Waals surface area contributed by atoms with Gasteiger partial charge >= 0.3 is 11.8 Å². The number of halogens is 1. The molecule has 1 heterocycles. The van der Waals surface area contributed by atoms with Crippen LogP contribution >= 0.6 is 0 Å². The summed E-state index contributed by atoms with van der Waals surface area (Å²) in [6, 6.07) is 6.00. The average Bonchev–Trinajstić information content (AvgIpc) is 2.51. The summed E-state index contributed by atoms with van der Waals surface area (Å²) >= 11 is 0. The number of alkyl halides is 1. The second-order valence-corrected chi connectivity index (χ2v) is 5.02. The molecule has 1 unspecified atom stereocenters. The Labute approximate surface area is 104 Å². The van der Waals surface area contributed by atoms with Gasteiger partial charge in [0.2, 0.25) is 0 Å². The first-order valence-corrected chi connectivity index (χ1v) is 5.49. The van der Waals surface area contributed by atoms with Crippen molar-refractivity contribution in [2.75, 3.05) is 0 Å². The van der Waals surface area contributed by atoms with Gasteiger partial charge in [-0.3, -0.25) is 4.79 Å². The van der Waals surface area contributed by atoms with Gasteiger partial charge in [0, 0.05) is 0 Å². The van der Waals surface area contributed by atoms with Crippen LogP contribution in [0.2, 0.25) is 0 Å². The van der Waals surface area contributed by atoms with Gasteiger partial charge in [0.05, 0.1) is 5.56 Å². The van der Waals surface area contributed by atoms with Crippen molar-refractivity contribution < 1.29 is 23.5 Å². The summed E-state index contributed by atoms with van der Waals surface area (Å²) in [5, 5.41) is 0. The molecule has 0 fully saturated rings. The number of hydrogen-bond acceptors (Lipinski definition) is 4. The predicted octanol–water partition coefficient (Wildman–Crippen LogP) is 2.27. The first-order chi connectivity index (χ1) is 8.24. The van der Waals surface area contributed by atoms with Crippen molar-refractivity contribution in [2.45, 2.75) is 32.2 Å². The number of para-hydroxylation sites is 1. The van der Waals surface area contributed by atoms with Crippen LogP contribution in [0.1, 0.15) is 31.1 Å². The lowest BCUT2D eigenvalue weighted by Crippen LogP contribution is -2.47. The van der Waals surface area contributed by atoms with E-state index in [1.807, 2.05) is 0 Å². The van der Waals surface area contributed by atoms with Crippen molar-refractivity contribution in [1.82, 2.24) is 0 Å². The Hall–Kier alpha value is -1.91. The van der Waals surface area contributed by atoms with Crippen LogP contribution in [-0.4, -0.2) is 23.2 Å². The lowest BCUT2D eigenvalue weighted by Gasteiger charge is -2.24. The molecule has 4 nitrogen and oxygen atoms in total. The van der Waals surface area contributed by atoms with E-state index in [2.05, 4.69) is 0 Å². The third kappa shape index (κ3) is 1.96. The number of benzene rings is 1. The van der Waals surface area contributed by atoms with E-state index in [4.69, 9.17) is 9.47 Å². The van der Waals surface area contributed by atoms with Crippen molar-refractivity contribution in [3.8, 4) is 5.75 Å². The van der Waals surface area contributed by atoms with E-state index in [0.29, 0.717) is 0 Å². The van der Waals surface area contributed by atoms with Gasteiger partial charge in [-0.25, -0.2) is 4.79 Å². The molecular formula is C13H13FO4. The van der Waals surface area contributed by atoms with Gasteiger partial charge in [0.25, 0.3) is 5.78 Å². The molecule has 0 aliphatic carbocycles. The average molecular weight is 252 g/mol. The molecule has 1 aliphatic rings. The molecule has 2 rings (SSSR count). The number of carbonyl (C=O) groups is 2. The zero-order valence-electron chi connectivity index (χ0n) is 10.3. The maximum absolute atomic E-state index is 14.4. The summed E-state index contributed by atoms with van der Waals surface area (Å²) in [5.41, 5.74) is -0.847. The van der Waals surface area contributed by atoms with Crippen molar-refractivity contribution in [1.29, 1.82) is 0 Å². The van der Waals surface area contributed by atoms with E-state index in [9.17, 15) is 14.0 Å². The van der Waals surface area contributed by atoms with E-state index in [0.717, 1.165) is 0 Å². The van der Waals surface area contributed by atoms with Crippen LogP contribution in [-0.2, 0) is 9.53 Å². The molecule has 96 valence electrons. The maximum Gasteiger partial charge on any atom is 0.410 e. The van der Waals surface area contributed by atoms with Crippen LogP contribution < -0.4 is 4.74 Å². The number of fused-ring (bicyclic) bond motifs is 1. The van der Waals surface area contributed by atoms with Gasteiger partial charge in [-0.05, 0) is 32.9 Å². The SMILES string of the molecule is CC(C)(C)OC(=O)C1(F)Oc2ccccc2C1=O. The molecule has 0 saturated heterocycles. The molecule has 0 radical (unpaired) electrons. The zero-order chi connectivity index (χ0) is 13.6. The summed E-state index contributed by atoms with van der Waals surface area (Å²) in [6.07, 6.45) is 0. The summed E-state index contributed by atoms with van der Waals surface area (Å²) in [6.45, 7) is 4.75. The fraction of sp³-hybridized carbons (Fsp3) is 0.385. The van der Waals surface area contributed by atoms with Gasteiger partial charge in [0.15, 0.2) is 0 Å². The van der Waals surface area contributed by atoms with Crippen LogP contribution in [0.5, 0.6) is 5.75 Å². The summed E-state index contributed by atoms with van der Waals surface area (Å²) < 4.78 is 24.1. The first-order valence-electron chi connectivity index (χ1n) is 5.49. The van der Waals surface area contributed by atoms with Gasteiger partial charge < -0.3 is 9.47 Å². The molecule has 0 N–H and O–H groups in total. The summed E-state index contributed by atoms with van der Waals surface area (Å²) in [4.78, 5) is 23.6. The molecule has 0 amide bonds. The standard InChI is InChI=1S/C13H13FO4/c1-12(2,3)18-11(16)13(14)10(15)8-6-4-5-7-9(8)17-13/h4-7H,1-3H3.